The molecule has 0 radical (unpaired) electrons. The van der Waals surface area contributed by atoms with E-state index < -0.39 is 0 Å². The smallest absolute Gasteiger partial charge is 0.271 e. The third-order valence-electron chi connectivity index (χ3n) is 2.46. The minimum Gasteiger partial charge on any atom is -0.382 e. The summed E-state index contributed by atoms with van der Waals surface area (Å²) in [7, 11) is 0. The van der Waals surface area contributed by atoms with Crippen molar-refractivity contribution in [3.05, 3.63) is 53.5 Å². The lowest BCUT2D eigenvalue weighted by Gasteiger charge is -2.05. The molecule has 1 heterocycles. The molecule has 0 saturated heterocycles. The highest BCUT2D eigenvalue weighted by Crippen LogP contribution is 2.03. The molecular weight excluding hydrogens is 228 g/mol. The highest BCUT2D eigenvalue weighted by Gasteiger charge is 2.07. The molecule has 5 nitrogen and oxygen atoms in total. The predicted molar refractivity (Wildman–Crippen MR) is 68.8 cm³/mol. The van der Waals surface area contributed by atoms with Crippen molar-refractivity contribution in [2.45, 2.75) is 13.5 Å². The van der Waals surface area contributed by atoms with Crippen LogP contribution in [0.25, 0.3) is 0 Å². The third kappa shape index (κ3) is 3.04. The van der Waals surface area contributed by atoms with E-state index in [1.165, 1.54) is 18.0 Å². The molecule has 18 heavy (non-hydrogen) atoms. The summed E-state index contributed by atoms with van der Waals surface area (Å²) in [5.74, 6) is -0.0478. The monoisotopic (exact) mass is 242 g/mol. The van der Waals surface area contributed by atoms with Crippen molar-refractivity contribution < 1.29 is 4.79 Å². The zero-order valence-corrected chi connectivity index (χ0v) is 10.1. The Morgan fingerprint density at radius 3 is 2.67 bits per heavy atom. The fourth-order valence-corrected chi connectivity index (χ4v) is 1.47. The zero-order chi connectivity index (χ0) is 13.0. The number of carbonyl (C=O) groups is 1. The quantitative estimate of drug-likeness (QED) is 0.850. The Morgan fingerprint density at radius 2 is 2.00 bits per heavy atom. The van der Waals surface area contributed by atoms with Crippen LogP contribution in [-0.2, 0) is 6.54 Å². The van der Waals surface area contributed by atoms with Crippen molar-refractivity contribution in [3.8, 4) is 0 Å². The van der Waals surface area contributed by atoms with Gasteiger partial charge < -0.3 is 11.1 Å². The highest BCUT2D eigenvalue weighted by atomic mass is 16.1. The van der Waals surface area contributed by atoms with Crippen LogP contribution < -0.4 is 11.1 Å². The number of nitrogens with zero attached hydrogens (tertiary/aromatic N) is 2. The van der Waals surface area contributed by atoms with Gasteiger partial charge in [-0.25, -0.2) is 4.98 Å². The second-order valence-corrected chi connectivity index (χ2v) is 4.00. The number of carbonyl (C=O) groups excluding carboxylic acids is 1. The Balaban J connectivity index is 1.98. The summed E-state index contributed by atoms with van der Waals surface area (Å²) in [6.45, 7) is 2.47. The number of anilines is 1. The molecule has 0 unspecified atom stereocenters. The van der Waals surface area contributed by atoms with Crippen molar-refractivity contribution >= 4 is 11.7 Å². The molecular formula is C13H14N4O. The van der Waals surface area contributed by atoms with Crippen LogP contribution in [0.15, 0.2) is 36.7 Å². The number of hydrogen-bond donors (Lipinski definition) is 2. The average molecular weight is 242 g/mol. The topological polar surface area (TPSA) is 80.9 Å². The van der Waals surface area contributed by atoms with Gasteiger partial charge >= 0.3 is 0 Å². The number of rotatable bonds is 3. The maximum absolute atomic E-state index is 11.8. The number of hydrogen-bond acceptors (Lipinski definition) is 4. The van der Waals surface area contributed by atoms with Crippen LogP contribution in [-0.4, -0.2) is 15.9 Å². The number of aromatic nitrogens is 2. The molecule has 0 spiro atoms. The normalized spacial score (nSPS) is 10.1. The van der Waals surface area contributed by atoms with E-state index in [-0.39, 0.29) is 17.4 Å². The summed E-state index contributed by atoms with van der Waals surface area (Å²) in [4.78, 5) is 19.5. The van der Waals surface area contributed by atoms with E-state index >= 15 is 0 Å². The van der Waals surface area contributed by atoms with E-state index in [2.05, 4.69) is 15.3 Å². The summed E-state index contributed by atoms with van der Waals surface area (Å²) < 4.78 is 0. The van der Waals surface area contributed by atoms with Gasteiger partial charge in [0.25, 0.3) is 5.91 Å². The van der Waals surface area contributed by atoms with E-state index in [1.54, 1.807) is 0 Å². The standard InChI is InChI=1S/C13H14N4O/c1-9-2-4-10(5-3-9)6-16-13(18)11-7-15-8-12(14)17-11/h2-5,7-8H,6H2,1H3,(H2,14,17)(H,16,18). The lowest BCUT2D eigenvalue weighted by Crippen LogP contribution is -2.24. The molecule has 0 fully saturated rings. The minimum absolute atomic E-state index is 0.224. The van der Waals surface area contributed by atoms with E-state index in [1.807, 2.05) is 31.2 Å². The number of nitrogens with two attached hydrogens (primary N) is 1. The van der Waals surface area contributed by atoms with Crippen LogP contribution in [0, 0.1) is 6.92 Å². The molecule has 1 aromatic heterocycles. The number of amides is 1. The van der Waals surface area contributed by atoms with Gasteiger partial charge in [-0.3, -0.25) is 9.78 Å². The van der Waals surface area contributed by atoms with Crippen LogP contribution in [0.2, 0.25) is 0 Å². The summed E-state index contributed by atoms with van der Waals surface area (Å²) in [5, 5.41) is 2.76. The largest absolute Gasteiger partial charge is 0.382 e. The van der Waals surface area contributed by atoms with Gasteiger partial charge in [0, 0.05) is 6.54 Å². The van der Waals surface area contributed by atoms with Gasteiger partial charge in [0.2, 0.25) is 0 Å². The maximum atomic E-state index is 11.8. The molecule has 0 atom stereocenters. The van der Waals surface area contributed by atoms with Gasteiger partial charge in [-0.15, -0.1) is 0 Å². The Hall–Kier alpha value is -2.43. The highest BCUT2D eigenvalue weighted by molar-refractivity contribution is 5.92. The molecule has 3 N–H and O–H groups in total. The summed E-state index contributed by atoms with van der Waals surface area (Å²) in [6, 6.07) is 7.95. The third-order valence-corrected chi connectivity index (χ3v) is 2.46. The van der Waals surface area contributed by atoms with Gasteiger partial charge in [0.05, 0.1) is 12.4 Å². The molecule has 2 rings (SSSR count). The summed E-state index contributed by atoms with van der Waals surface area (Å²) in [6.07, 6.45) is 2.79. The van der Waals surface area contributed by atoms with E-state index in [0.717, 1.165) is 5.56 Å². The lowest BCUT2D eigenvalue weighted by atomic mass is 10.1. The van der Waals surface area contributed by atoms with E-state index in [0.29, 0.717) is 6.54 Å². The fraction of sp³-hybridized carbons (Fsp3) is 0.154. The SMILES string of the molecule is Cc1ccc(CNC(=O)c2cncc(N)n2)cc1. The number of benzene rings is 1. The second kappa shape index (κ2) is 5.27. The van der Waals surface area contributed by atoms with Crippen molar-refractivity contribution in [3.63, 3.8) is 0 Å². The molecule has 2 aromatic rings. The number of nitrogen functional groups attached to an aromatic ring is 1. The van der Waals surface area contributed by atoms with Gasteiger partial charge in [-0.2, -0.15) is 0 Å². The molecule has 0 aliphatic heterocycles. The number of aryl methyl sites for hydroxylation is 1. The Labute approximate surface area is 105 Å². The minimum atomic E-state index is -0.282. The first kappa shape index (κ1) is 12.0. The molecule has 0 aliphatic carbocycles. The Morgan fingerprint density at radius 1 is 1.28 bits per heavy atom. The summed E-state index contributed by atoms with van der Waals surface area (Å²) >= 11 is 0. The molecule has 0 saturated carbocycles. The molecule has 1 amide bonds. The Bertz CT molecular complexity index is 551. The first-order valence-electron chi connectivity index (χ1n) is 5.56. The first-order valence-corrected chi connectivity index (χ1v) is 5.56. The van der Waals surface area contributed by atoms with Crippen molar-refractivity contribution in [1.29, 1.82) is 0 Å². The van der Waals surface area contributed by atoms with Gasteiger partial charge in [-0.05, 0) is 12.5 Å². The van der Waals surface area contributed by atoms with Gasteiger partial charge in [-0.1, -0.05) is 29.8 Å². The molecule has 5 heteroatoms. The maximum Gasteiger partial charge on any atom is 0.271 e. The van der Waals surface area contributed by atoms with Crippen LogP contribution in [0.4, 0.5) is 5.82 Å². The van der Waals surface area contributed by atoms with Gasteiger partial charge in [0.15, 0.2) is 0 Å². The van der Waals surface area contributed by atoms with Gasteiger partial charge in [0.1, 0.15) is 11.5 Å². The van der Waals surface area contributed by atoms with Crippen LogP contribution >= 0.6 is 0 Å². The summed E-state index contributed by atoms with van der Waals surface area (Å²) in [5.41, 5.74) is 7.91. The van der Waals surface area contributed by atoms with Crippen LogP contribution in [0.3, 0.4) is 0 Å². The van der Waals surface area contributed by atoms with E-state index in [9.17, 15) is 4.79 Å². The molecule has 92 valence electrons. The van der Waals surface area contributed by atoms with Crippen LogP contribution in [0.1, 0.15) is 21.6 Å². The molecule has 0 aliphatic rings. The van der Waals surface area contributed by atoms with Crippen molar-refractivity contribution in [1.82, 2.24) is 15.3 Å². The predicted octanol–water partition coefficient (Wildman–Crippen LogP) is 1.30. The fourth-order valence-electron chi connectivity index (χ4n) is 1.47. The van der Waals surface area contributed by atoms with E-state index in [4.69, 9.17) is 5.73 Å². The van der Waals surface area contributed by atoms with Crippen molar-refractivity contribution in [2.24, 2.45) is 0 Å². The zero-order valence-electron chi connectivity index (χ0n) is 10.1. The molecule has 1 aromatic carbocycles. The van der Waals surface area contributed by atoms with Crippen molar-refractivity contribution in [2.75, 3.05) is 5.73 Å². The first-order chi connectivity index (χ1) is 8.65. The van der Waals surface area contributed by atoms with Crippen LogP contribution in [0.5, 0.6) is 0 Å². The lowest BCUT2D eigenvalue weighted by molar-refractivity contribution is 0.0945. The average Bonchev–Trinajstić information content (AvgIpc) is 2.38. The molecule has 0 bridgehead atoms. The Kier molecular flexibility index (Phi) is 3.52. The number of nitrogens with one attached hydrogen (secondary N) is 1. The second-order valence-electron chi connectivity index (χ2n) is 4.00.